The van der Waals surface area contributed by atoms with Crippen LogP contribution in [0.2, 0.25) is 0 Å². The zero-order valence-corrected chi connectivity index (χ0v) is 24.0. The molecule has 11 heteroatoms. The predicted octanol–water partition coefficient (Wildman–Crippen LogP) is 4.32. The van der Waals surface area contributed by atoms with Gasteiger partial charge in [-0.15, -0.1) is 0 Å². The van der Waals surface area contributed by atoms with Crippen molar-refractivity contribution in [2.45, 2.75) is 52.7 Å². The van der Waals surface area contributed by atoms with Gasteiger partial charge in [-0.3, -0.25) is 20.0 Å². The summed E-state index contributed by atoms with van der Waals surface area (Å²) in [4.78, 5) is 46.4. The zero-order valence-electron chi connectivity index (χ0n) is 24.0. The van der Waals surface area contributed by atoms with E-state index < -0.39 is 17.6 Å². The Bertz CT molecular complexity index is 1110. The van der Waals surface area contributed by atoms with Crippen LogP contribution in [0.3, 0.4) is 0 Å². The van der Waals surface area contributed by atoms with Crippen LogP contribution in [0.1, 0.15) is 56.6 Å². The number of hydrogen-bond donors (Lipinski definition) is 3. The van der Waals surface area contributed by atoms with Crippen molar-refractivity contribution in [3.63, 3.8) is 0 Å². The van der Waals surface area contributed by atoms with Gasteiger partial charge in [-0.2, -0.15) is 0 Å². The van der Waals surface area contributed by atoms with Crippen LogP contribution in [0.4, 0.5) is 21.0 Å². The molecule has 11 nitrogen and oxygen atoms in total. The molecule has 1 aromatic heterocycles. The first kappa shape index (κ1) is 30.8. The number of aromatic nitrogens is 1. The van der Waals surface area contributed by atoms with Crippen molar-refractivity contribution in [3.05, 3.63) is 53.9 Å². The Balaban J connectivity index is 1.60. The van der Waals surface area contributed by atoms with E-state index in [1.165, 1.54) is 0 Å². The average molecular weight is 555 g/mol. The van der Waals surface area contributed by atoms with E-state index in [-0.39, 0.29) is 11.7 Å². The van der Waals surface area contributed by atoms with Crippen molar-refractivity contribution in [2.24, 2.45) is 0 Å². The van der Waals surface area contributed by atoms with Gasteiger partial charge in [0, 0.05) is 45.5 Å². The summed E-state index contributed by atoms with van der Waals surface area (Å²) in [6.45, 7) is 13.2. The van der Waals surface area contributed by atoms with Crippen LogP contribution in [0.15, 0.2) is 42.6 Å². The van der Waals surface area contributed by atoms with E-state index >= 15 is 0 Å². The number of nitrogens with one attached hydrogen (secondary N) is 3. The van der Waals surface area contributed by atoms with Crippen LogP contribution in [0.5, 0.6) is 0 Å². The van der Waals surface area contributed by atoms with Gasteiger partial charge in [0.05, 0.1) is 24.6 Å². The van der Waals surface area contributed by atoms with E-state index in [4.69, 9.17) is 9.47 Å². The largest absolute Gasteiger partial charge is 0.444 e. The Morgan fingerprint density at radius 3 is 2.38 bits per heavy atom. The van der Waals surface area contributed by atoms with E-state index in [0.29, 0.717) is 31.0 Å². The molecule has 0 radical (unpaired) electrons. The van der Waals surface area contributed by atoms with Gasteiger partial charge in [0.15, 0.2) is 0 Å². The molecule has 218 valence electrons. The number of hydrogen-bond acceptors (Lipinski definition) is 7. The molecule has 4 amide bonds. The van der Waals surface area contributed by atoms with E-state index in [1.807, 2.05) is 6.92 Å². The van der Waals surface area contributed by atoms with Crippen molar-refractivity contribution in [2.75, 3.05) is 56.6 Å². The van der Waals surface area contributed by atoms with Crippen LogP contribution in [-0.2, 0) is 16.0 Å². The number of rotatable bonds is 11. The summed E-state index contributed by atoms with van der Waals surface area (Å²) in [5.41, 5.74) is 1.21. The van der Waals surface area contributed by atoms with E-state index in [2.05, 4.69) is 25.8 Å². The number of carbonyl (C=O) groups is 3. The molecule has 40 heavy (non-hydrogen) atoms. The fraction of sp³-hybridized carbons (Fsp3) is 0.517. The summed E-state index contributed by atoms with van der Waals surface area (Å²) in [5.74, 6) is -0.423. The maximum atomic E-state index is 12.9. The Morgan fingerprint density at radius 1 is 1.05 bits per heavy atom. The maximum absolute atomic E-state index is 12.9. The third-order valence-electron chi connectivity index (χ3n) is 6.06. The van der Waals surface area contributed by atoms with Gasteiger partial charge in [0.25, 0.3) is 5.91 Å². The Labute approximate surface area is 236 Å². The quantitative estimate of drug-likeness (QED) is 0.378. The van der Waals surface area contributed by atoms with E-state index in [9.17, 15) is 14.4 Å². The Morgan fingerprint density at radius 2 is 1.75 bits per heavy atom. The molecule has 0 atom stereocenters. The number of benzene rings is 1. The van der Waals surface area contributed by atoms with Crippen LogP contribution in [0, 0.1) is 0 Å². The summed E-state index contributed by atoms with van der Waals surface area (Å²) in [6.07, 6.45) is 2.70. The minimum Gasteiger partial charge on any atom is -0.444 e. The summed E-state index contributed by atoms with van der Waals surface area (Å²) >= 11 is 0. The summed E-state index contributed by atoms with van der Waals surface area (Å²) in [5, 5.41) is 8.42. The third-order valence-corrected chi connectivity index (χ3v) is 6.06. The summed E-state index contributed by atoms with van der Waals surface area (Å²) in [6, 6.07) is 10.2. The molecule has 1 aromatic carbocycles. The van der Waals surface area contributed by atoms with E-state index in [1.54, 1.807) is 68.3 Å². The molecule has 2 heterocycles. The minimum atomic E-state index is -0.650. The van der Waals surface area contributed by atoms with Crippen molar-refractivity contribution >= 4 is 29.4 Å². The number of nitrogens with zero attached hydrogens (tertiary/aromatic N) is 3. The number of para-hydroxylation sites is 2. The number of anilines is 2. The highest BCUT2D eigenvalue weighted by Gasteiger charge is 2.19. The standard InChI is InChI=1S/C29H42N6O5/c1-5-13-30-27(37)35(15-8-14-34-16-18-39-19-17-34)21-22-11-12-25(31-20-22)26(36)32-23-9-6-7-10-24(23)33-28(38)40-29(2,3)4/h6-7,9-12,20H,5,8,13-19,21H2,1-4H3,(H,30,37)(H,32,36)(H,33,38). The normalized spacial score (nSPS) is 13.8. The van der Waals surface area contributed by atoms with Gasteiger partial charge in [-0.05, 0) is 57.4 Å². The number of pyridine rings is 1. The van der Waals surface area contributed by atoms with Gasteiger partial charge >= 0.3 is 12.1 Å². The molecule has 3 N–H and O–H groups in total. The lowest BCUT2D eigenvalue weighted by atomic mass is 10.2. The molecular formula is C29H42N6O5. The van der Waals surface area contributed by atoms with Crippen molar-refractivity contribution in [3.8, 4) is 0 Å². The Kier molecular flexibility index (Phi) is 11.7. The fourth-order valence-corrected chi connectivity index (χ4v) is 4.08. The van der Waals surface area contributed by atoms with Crippen LogP contribution in [-0.4, -0.2) is 84.4 Å². The number of urea groups is 1. The first-order chi connectivity index (χ1) is 19.1. The lowest BCUT2D eigenvalue weighted by molar-refractivity contribution is 0.0364. The average Bonchev–Trinajstić information content (AvgIpc) is 2.92. The van der Waals surface area contributed by atoms with Crippen LogP contribution in [0.25, 0.3) is 0 Å². The second-order valence-electron chi connectivity index (χ2n) is 10.6. The van der Waals surface area contributed by atoms with Gasteiger partial charge in [0.2, 0.25) is 0 Å². The molecule has 0 aliphatic carbocycles. The molecule has 0 saturated carbocycles. The summed E-state index contributed by atoms with van der Waals surface area (Å²) < 4.78 is 10.7. The van der Waals surface area contributed by atoms with Crippen molar-refractivity contribution in [1.82, 2.24) is 20.1 Å². The molecular weight excluding hydrogens is 512 g/mol. The van der Waals surface area contributed by atoms with Crippen molar-refractivity contribution < 1.29 is 23.9 Å². The van der Waals surface area contributed by atoms with Gasteiger partial charge < -0.3 is 25.0 Å². The monoisotopic (exact) mass is 554 g/mol. The first-order valence-electron chi connectivity index (χ1n) is 13.8. The number of amides is 4. The molecule has 3 rings (SSSR count). The second kappa shape index (κ2) is 15.2. The molecule has 0 unspecified atom stereocenters. The fourth-order valence-electron chi connectivity index (χ4n) is 4.08. The molecule has 0 bridgehead atoms. The molecule has 1 aliphatic heterocycles. The van der Waals surface area contributed by atoms with Gasteiger partial charge in [-0.1, -0.05) is 25.1 Å². The molecule has 1 fully saturated rings. The number of carbonyl (C=O) groups excluding carboxylic acids is 3. The highest BCUT2D eigenvalue weighted by Crippen LogP contribution is 2.23. The third kappa shape index (κ3) is 10.5. The first-order valence-corrected chi connectivity index (χ1v) is 13.8. The van der Waals surface area contributed by atoms with Crippen LogP contribution < -0.4 is 16.0 Å². The van der Waals surface area contributed by atoms with Gasteiger partial charge in [0.1, 0.15) is 11.3 Å². The molecule has 1 saturated heterocycles. The molecule has 1 aliphatic rings. The zero-order chi connectivity index (χ0) is 29.0. The van der Waals surface area contributed by atoms with Crippen LogP contribution >= 0.6 is 0 Å². The highest BCUT2D eigenvalue weighted by molar-refractivity contribution is 6.05. The Hall–Kier alpha value is -3.70. The second-order valence-corrected chi connectivity index (χ2v) is 10.6. The SMILES string of the molecule is CCCNC(=O)N(CCCN1CCOCC1)Cc1ccc(C(=O)Nc2ccccc2NC(=O)OC(C)(C)C)nc1. The smallest absolute Gasteiger partial charge is 0.412 e. The number of morpholine rings is 1. The lowest BCUT2D eigenvalue weighted by Crippen LogP contribution is -2.42. The topological polar surface area (TPSA) is 125 Å². The molecule has 2 aromatic rings. The van der Waals surface area contributed by atoms with E-state index in [0.717, 1.165) is 51.3 Å². The predicted molar refractivity (Wildman–Crippen MR) is 154 cm³/mol. The summed E-state index contributed by atoms with van der Waals surface area (Å²) in [7, 11) is 0. The highest BCUT2D eigenvalue weighted by atomic mass is 16.6. The molecule has 0 spiro atoms. The van der Waals surface area contributed by atoms with Gasteiger partial charge in [-0.25, -0.2) is 9.59 Å². The lowest BCUT2D eigenvalue weighted by Gasteiger charge is -2.28. The van der Waals surface area contributed by atoms with Crippen molar-refractivity contribution in [1.29, 1.82) is 0 Å². The number of ether oxygens (including phenoxy) is 2. The maximum Gasteiger partial charge on any atom is 0.412 e. The minimum absolute atomic E-state index is 0.111.